The zero-order valence-corrected chi connectivity index (χ0v) is 32.0. The van der Waals surface area contributed by atoms with Crippen molar-refractivity contribution in [3.05, 3.63) is 89.5 Å². The summed E-state index contributed by atoms with van der Waals surface area (Å²) in [4.78, 5) is 50.7. The Kier molecular flexibility index (Phi) is 16.6. The van der Waals surface area contributed by atoms with Gasteiger partial charge in [-0.05, 0) is 59.2 Å². The summed E-state index contributed by atoms with van der Waals surface area (Å²) >= 11 is 0. The lowest BCUT2D eigenvalue weighted by molar-refractivity contribution is -0.133. The van der Waals surface area contributed by atoms with Crippen LogP contribution in [-0.2, 0) is 32.3 Å². The van der Waals surface area contributed by atoms with Crippen LogP contribution in [0.4, 0.5) is 0 Å². The zero-order chi connectivity index (χ0) is 39.1. The van der Waals surface area contributed by atoms with E-state index >= 15 is 0 Å². The second kappa shape index (κ2) is 20.8. The molecule has 13 heteroatoms. The normalized spacial score (nSPS) is 13.4. The summed E-state index contributed by atoms with van der Waals surface area (Å²) in [5.41, 5.74) is 5.38. The van der Waals surface area contributed by atoms with Gasteiger partial charge in [0.25, 0.3) is 5.91 Å². The molecule has 0 aliphatic carbocycles. The van der Waals surface area contributed by atoms with Crippen molar-refractivity contribution in [2.45, 2.75) is 85.3 Å². The molecule has 0 aliphatic heterocycles. The second-order valence-corrected chi connectivity index (χ2v) is 13.6. The third kappa shape index (κ3) is 13.4. The number of hydrazine groups is 1. The summed E-state index contributed by atoms with van der Waals surface area (Å²) < 4.78 is 16.7. The number of rotatable bonds is 20. The molecule has 288 valence electrons. The Morgan fingerprint density at radius 3 is 1.83 bits per heavy atom. The predicted molar refractivity (Wildman–Crippen MR) is 202 cm³/mol. The first-order chi connectivity index (χ1) is 25.2. The second-order valence-electron chi connectivity index (χ2n) is 13.6. The van der Waals surface area contributed by atoms with Crippen LogP contribution in [0.15, 0.2) is 72.8 Å². The van der Waals surface area contributed by atoms with E-state index in [9.17, 15) is 24.3 Å². The molecular weight excluding hydrogens is 678 g/mol. The van der Waals surface area contributed by atoms with Crippen LogP contribution < -0.4 is 35.6 Å². The first-order valence-corrected chi connectivity index (χ1v) is 17.8. The van der Waals surface area contributed by atoms with E-state index in [4.69, 9.17) is 14.2 Å². The fourth-order valence-electron chi connectivity index (χ4n) is 5.72. The molecule has 3 rings (SSSR count). The van der Waals surface area contributed by atoms with Crippen LogP contribution in [0.2, 0.25) is 0 Å². The minimum Gasteiger partial charge on any atom is -0.493 e. The fraction of sp³-hybridized carbons (Fsp3) is 0.450. The van der Waals surface area contributed by atoms with Gasteiger partial charge in [-0.3, -0.25) is 24.6 Å². The van der Waals surface area contributed by atoms with Crippen molar-refractivity contribution in [1.82, 2.24) is 26.4 Å². The number of amides is 4. The molecule has 13 nitrogen and oxygen atoms in total. The van der Waals surface area contributed by atoms with Crippen molar-refractivity contribution in [2.24, 2.45) is 11.8 Å². The van der Waals surface area contributed by atoms with Crippen molar-refractivity contribution < 1.29 is 38.5 Å². The quantitative estimate of drug-likeness (QED) is 0.108. The van der Waals surface area contributed by atoms with E-state index < -0.39 is 36.0 Å². The summed E-state index contributed by atoms with van der Waals surface area (Å²) in [7, 11) is 3.16. The molecule has 5 N–H and O–H groups in total. The summed E-state index contributed by atoms with van der Waals surface area (Å²) in [6, 6.07) is 19.7. The summed E-state index contributed by atoms with van der Waals surface area (Å²) in [5, 5.41) is 21.6. The number of hydrogen-bond donors (Lipinski definition) is 5. The minimum atomic E-state index is -1.07. The van der Waals surface area contributed by atoms with Gasteiger partial charge in [0, 0.05) is 26.9 Å². The lowest BCUT2D eigenvalue weighted by Gasteiger charge is -2.31. The van der Waals surface area contributed by atoms with Gasteiger partial charge in [0.1, 0.15) is 24.4 Å². The predicted octanol–water partition coefficient (Wildman–Crippen LogP) is 4.05. The minimum absolute atomic E-state index is 0.144. The monoisotopic (exact) mass is 733 g/mol. The third-order valence-corrected chi connectivity index (χ3v) is 8.57. The summed E-state index contributed by atoms with van der Waals surface area (Å²) in [6.45, 7) is 10.8. The number of ether oxygens (including phenoxy) is 3. The van der Waals surface area contributed by atoms with Gasteiger partial charge in [-0.25, -0.2) is 5.01 Å². The lowest BCUT2D eigenvalue weighted by Crippen LogP contribution is -2.54. The number of benzene rings is 3. The van der Waals surface area contributed by atoms with Gasteiger partial charge >= 0.3 is 0 Å². The van der Waals surface area contributed by atoms with Gasteiger partial charge in [0.2, 0.25) is 17.7 Å². The molecule has 3 aromatic rings. The molecule has 53 heavy (non-hydrogen) atoms. The Morgan fingerprint density at radius 2 is 1.28 bits per heavy atom. The highest BCUT2D eigenvalue weighted by atomic mass is 16.5. The number of carbonyl (C=O) groups excluding carboxylic acids is 4. The molecule has 0 fully saturated rings. The molecule has 3 aromatic carbocycles. The van der Waals surface area contributed by atoms with E-state index in [1.165, 1.54) is 13.8 Å². The van der Waals surface area contributed by atoms with Crippen LogP contribution in [0.5, 0.6) is 17.2 Å². The molecule has 0 spiro atoms. The Balaban J connectivity index is 1.80. The van der Waals surface area contributed by atoms with Gasteiger partial charge in [-0.15, -0.1) is 0 Å². The van der Waals surface area contributed by atoms with Gasteiger partial charge in [0.05, 0.1) is 26.4 Å². The summed E-state index contributed by atoms with van der Waals surface area (Å²) in [5.74, 6) is 0.00514. The Hall–Kier alpha value is -5.14. The molecule has 0 aromatic heterocycles. The van der Waals surface area contributed by atoms with Crippen LogP contribution in [0.1, 0.15) is 70.7 Å². The van der Waals surface area contributed by atoms with Gasteiger partial charge in [-0.1, -0.05) is 76.2 Å². The first kappa shape index (κ1) is 42.3. The third-order valence-electron chi connectivity index (χ3n) is 8.57. The fourth-order valence-corrected chi connectivity index (χ4v) is 5.72. The van der Waals surface area contributed by atoms with E-state index in [0.29, 0.717) is 29.4 Å². The van der Waals surface area contributed by atoms with E-state index in [1.807, 2.05) is 100 Å². The number of nitrogens with one attached hydrogen (secondary N) is 4. The Bertz CT molecular complexity index is 1630. The standard InChI is InChI=1S/C40H55N5O8/c1-25(2)36(41-27(5)46)39(49)43-38(31-12-10-9-11-13-31)33(48)20-21-45(44-40(50)37(26(3)4)42-28(6)47)23-29-14-17-32(18-15-29)53-24-30-16-19-34(51-7)35(22-30)52-8/h9-19,22,25-26,33,36-38,48H,20-21,23-24H2,1-8H3,(H,41,46)(H,42,47)(H,43,49)(H,44,50). The van der Waals surface area contributed by atoms with Crippen molar-refractivity contribution >= 4 is 23.6 Å². The SMILES string of the molecule is COc1ccc(COc2ccc(CN(CCC(O)C(NC(=O)C(NC(C)=O)C(C)C)c3ccccc3)NC(=O)C(NC(C)=O)C(C)C)cc2)cc1OC. The van der Waals surface area contributed by atoms with Crippen LogP contribution in [-0.4, -0.2) is 72.7 Å². The number of aliphatic hydroxyl groups excluding tert-OH is 1. The topological polar surface area (TPSA) is 168 Å². The first-order valence-electron chi connectivity index (χ1n) is 17.8. The summed E-state index contributed by atoms with van der Waals surface area (Å²) in [6.07, 6.45) is -0.930. The molecule has 0 aliphatic rings. The Morgan fingerprint density at radius 1 is 0.717 bits per heavy atom. The van der Waals surface area contributed by atoms with Crippen LogP contribution in [0.3, 0.4) is 0 Å². The van der Waals surface area contributed by atoms with Crippen molar-refractivity contribution in [3.8, 4) is 17.2 Å². The molecule has 4 amide bonds. The van der Waals surface area contributed by atoms with E-state index in [0.717, 1.165) is 11.1 Å². The highest BCUT2D eigenvalue weighted by molar-refractivity contribution is 5.87. The number of hydrogen-bond acceptors (Lipinski definition) is 9. The van der Waals surface area contributed by atoms with E-state index in [2.05, 4.69) is 21.4 Å². The number of nitrogens with zero attached hydrogens (tertiary/aromatic N) is 1. The van der Waals surface area contributed by atoms with Gasteiger partial charge in [0.15, 0.2) is 11.5 Å². The Labute approximate surface area is 312 Å². The van der Waals surface area contributed by atoms with Crippen LogP contribution in [0.25, 0.3) is 0 Å². The highest BCUT2D eigenvalue weighted by Crippen LogP contribution is 2.28. The molecule has 0 bridgehead atoms. The van der Waals surface area contributed by atoms with E-state index in [1.54, 1.807) is 19.2 Å². The average Bonchev–Trinajstić information content (AvgIpc) is 3.13. The molecule has 4 atom stereocenters. The zero-order valence-electron chi connectivity index (χ0n) is 32.0. The maximum absolute atomic E-state index is 13.5. The molecule has 0 radical (unpaired) electrons. The van der Waals surface area contributed by atoms with Crippen molar-refractivity contribution in [3.63, 3.8) is 0 Å². The number of aliphatic hydroxyl groups is 1. The largest absolute Gasteiger partial charge is 0.493 e. The van der Waals surface area contributed by atoms with Crippen molar-refractivity contribution in [2.75, 3.05) is 20.8 Å². The van der Waals surface area contributed by atoms with Gasteiger partial charge in [-0.2, -0.15) is 0 Å². The number of methoxy groups -OCH3 is 2. The van der Waals surface area contributed by atoms with Crippen molar-refractivity contribution in [1.29, 1.82) is 0 Å². The average molecular weight is 734 g/mol. The molecule has 0 heterocycles. The molecular formula is C40H55N5O8. The highest BCUT2D eigenvalue weighted by Gasteiger charge is 2.30. The lowest BCUT2D eigenvalue weighted by atomic mass is 9.97. The van der Waals surface area contributed by atoms with E-state index in [-0.39, 0.29) is 43.2 Å². The molecule has 0 saturated heterocycles. The molecule has 4 unspecified atom stereocenters. The maximum atomic E-state index is 13.5. The smallest absolute Gasteiger partial charge is 0.257 e. The molecule has 0 saturated carbocycles. The number of carbonyl (C=O) groups is 4. The van der Waals surface area contributed by atoms with Gasteiger partial charge < -0.3 is 35.3 Å². The van der Waals surface area contributed by atoms with Crippen LogP contribution >= 0.6 is 0 Å². The maximum Gasteiger partial charge on any atom is 0.257 e. The van der Waals surface area contributed by atoms with Crippen LogP contribution in [0, 0.1) is 11.8 Å².